The summed E-state index contributed by atoms with van der Waals surface area (Å²) in [5, 5.41) is 33.5. The Balaban J connectivity index is 0.794. The van der Waals surface area contributed by atoms with Crippen LogP contribution in [-0.4, -0.2) is 21.0 Å². The van der Waals surface area contributed by atoms with E-state index in [-0.39, 0.29) is 11.1 Å². The zero-order chi connectivity index (χ0) is 42.4. The van der Waals surface area contributed by atoms with E-state index in [0.717, 1.165) is 56.9 Å². The lowest BCUT2D eigenvalue weighted by molar-refractivity contribution is 0.0690. The summed E-state index contributed by atoms with van der Waals surface area (Å²) in [6.45, 7) is 0. The van der Waals surface area contributed by atoms with Crippen LogP contribution in [0.15, 0.2) is 121 Å². The van der Waals surface area contributed by atoms with Crippen molar-refractivity contribution in [1.29, 1.82) is 5.26 Å². The summed E-state index contributed by atoms with van der Waals surface area (Å²) >= 11 is 14.1. The van der Waals surface area contributed by atoms with Crippen molar-refractivity contribution in [1.82, 2.24) is 9.97 Å². The Hall–Kier alpha value is -6.08. The van der Waals surface area contributed by atoms with E-state index in [0.29, 0.717) is 40.1 Å². The molecular weight excluding hydrogens is 814 g/mol. The number of carboxylic acid groups (broad SMARTS) is 1. The summed E-state index contributed by atoms with van der Waals surface area (Å²) in [5.74, 6) is 4.26. The van der Waals surface area contributed by atoms with Crippen LogP contribution in [0.1, 0.15) is 84.6 Å². The zero-order valence-corrected chi connectivity index (χ0v) is 35.6. The van der Waals surface area contributed by atoms with Gasteiger partial charge in [0, 0.05) is 22.7 Å². The van der Waals surface area contributed by atoms with E-state index in [2.05, 4.69) is 73.7 Å². The maximum absolute atomic E-state index is 11.4. The third kappa shape index (κ3) is 7.94. The molecule has 0 saturated heterocycles. The molecule has 5 saturated carbocycles. The fraction of sp³-hybridized carbons (Fsp3) is 0.294. The second-order valence-corrected chi connectivity index (χ2v) is 18.6. The number of nitrogens with one attached hydrogen (secondary N) is 4. The van der Waals surface area contributed by atoms with E-state index < -0.39 is 5.97 Å². The molecule has 312 valence electrons. The molecule has 7 unspecified atom stereocenters. The van der Waals surface area contributed by atoms with Crippen LogP contribution in [0.5, 0.6) is 0 Å². The van der Waals surface area contributed by atoms with Gasteiger partial charge in [-0.2, -0.15) is 5.26 Å². The summed E-state index contributed by atoms with van der Waals surface area (Å²) < 4.78 is 0. The SMILES string of the molecule is N#Cc1cccc(Nc2ccc(Nc3ccc(C45CC6CC(C4)C(C4CCCC(c7ccc(Nc8cccc(Nc9cccc(C(=O)O)n9)c8)c(Cl)c7)C4)C5C6)cc3Cl)cc2)n1. The lowest BCUT2D eigenvalue weighted by atomic mass is 9.64. The minimum Gasteiger partial charge on any atom is -0.477 e. The van der Waals surface area contributed by atoms with Crippen molar-refractivity contribution in [3.05, 3.63) is 154 Å². The fourth-order valence-electron chi connectivity index (χ4n) is 11.8. The topological polar surface area (TPSA) is 135 Å². The minimum absolute atomic E-state index is 0.0117. The molecule has 0 radical (unpaired) electrons. The number of pyridine rings is 2. The van der Waals surface area contributed by atoms with Gasteiger partial charge in [0.15, 0.2) is 5.69 Å². The highest BCUT2D eigenvalue weighted by atomic mass is 35.5. The van der Waals surface area contributed by atoms with Crippen LogP contribution in [0.25, 0.3) is 0 Å². The molecule has 5 aliphatic rings. The van der Waals surface area contributed by atoms with Gasteiger partial charge in [0.2, 0.25) is 0 Å². The lowest BCUT2D eigenvalue weighted by Crippen LogP contribution is -2.33. The maximum atomic E-state index is 11.4. The van der Waals surface area contributed by atoms with Gasteiger partial charge in [-0.15, -0.1) is 0 Å². The van der Waals surface area contributed by atoms with E-state index in [9.17, 15) is 15.2 Å². The molecule has 11 rings (SSSR count). The standard InChI is InChI=1S/C51H47Cl2N7O2/c52-42-24-32(13-19-44(42)56-38-7-2-8-39(26-38)58-48-12-4-10-46(60-48)50(61)62)31-5-1-6-33(23-31)49-34-21-30-22-41(49)51(27-30,28-34)35-14-20-45(43(53)25-35)55-36-15-17-37(18-16-36)57-47-11-3-9-40(29-54)59-47/h2-4,7-20,24-26,30-31,33-34,41,49,55-56H,1,5-6,21-23,27-28H2,(H,57,59)(H,58,60)(H,61,62). The first kappa shape index (κ1) is 40.0. The molecule has 7 atom stereocenters. The second-order valence-electron chi connectivity index (χ2n) is 17.8. The van der Waals surface area contributed by atoms with Gasteiger partial charge in [0.25, 0.3) is 0 Å². The van der Waals surface area contributed by atoms with Crippen LogP contribution in [0.2, 0.25) is 10.0 Å². The Morgan fingerprint density at radius 3 is 2.11 bits per heavy atom. The number of carbonyl (C=O) groups is 1. The van der Waals surface area contributed by atoms with Gasteiger partial charge in [-0.05, 0) is 182 Å². The summed E-state index contributed by atoms with van der Waals surface area (Å²) in [4.78, 5) is 19.9. The average Bonchev–Trinajstić information content (AvgIpc) is 3.67. The fourth-order valence-corrected chi connectivity index (χ4v) is 12.3. The summed E-state index contributed by atoms with van der Waals surface area (Å²) in [6, 6.07) is 41.5. The Morgan fingerprint density at radius 2 is 1.35 bits per heavy atom. The molecule has 2 aromatic heterocycles. The zero-order valence-electron chi connectivity index (χ0n) is 34.1. The number of aromatic carboxylic acids is 1. The van der Waals surface area contributed by atoms with E-state index in [1.54, 1.807) is 18.2 Å². The van der Waals surface area contributed by atoms with Gasteiger partial charge in [0.1, 0.15) is 23.4 Å². The number of carboxylic acids is 1. The molecule has 62 heavy (non-hydrogen) atoms. The second kappa shape index (κ2) is 16.7. The van der Waals surface area contributed by atoms with Crippen LogP contribution in [0.3, 0.4) is 0 Å². The molecule has 0 aliphatic heterocycles. The molecule has 11 heteroatoms. The Morgan fingerprint density at radius 1 is 0.677 bits per heavy atom. The number of nitrogens with zero attached hydrogens (tertiary/aromatic N) is 3. The number of anilines is 8. The van der Waals surface area contributed by atoms with Crippen LogP contribution in [0, 0.1) is 40.9 Å². The molecule has 5 aliphatic carbocycles. The monoisotopic (exact) mass is 859 g/mol. The molecular formula is C51H47Cl2N7O2. The average molecular weight is 861 g/mol. The van der Waals surface area contributed by atoms with Gasteiger partial charge in [-0.3, -0.25) is 0 Å². The van der Waals surface area contributed by atoms with Gasteiger partial charge in [-0.25, -0.2) is 14.8 Å². The third-order valence-electron chi connectivity index (χ3n) is 14.2. The van der Waals surface area contributed by atoms with Gasteiger partial charge in [-0.1, -0.05) is 66.4 Å². The molecule has 5 N–H and O–H groups in total. The third-order valence-corrected chi connectivity index (χ3v) is 14.8. The minimum atomic E-state index is -1.07. The molecule has 0 spiro atoms. The number of hydrogen-bond acceptors (Lipinski definition) is 8. The molecule has 0 amide bonds. The van der Waals surface area contributed by atoms with E-state index >= 15 is 0 Å². The number of aromatic nitrogens is 2. The first-order valence-corrected chi connectivity index (χ1v) is 22.4. The van der Waals surface area contributed by atoms with E-state index in [1.807, 2.05) is 60.7 Å². The van der Waals surface area contributed by atoms with Crippen LogP contribution in [0.4, 0.5) is 45.8 Å². The highest BCUT2D eigenvalue weighted by molar-refractivity contribution is 6.33. The number of rotatable bonds is 12. The number of nitriles is 1. The predicted molar refractivity (Wildman–Crippen MR) is 248 cm³/mol. The lowest BCUT2D eigenvalue weighted by Gasteiger charge is -2.41. The smallest absolute Gasteiger partial charge is 0.354 e. The van der Waals surface area contributed by atoms with Crippen LogP contribution < -0.4 is 21.3 Å². The van der Waals surface area contributed by atoms with Crippen molar-refractivity contribution in [3.8, 4) is 6.07 Å². The summed E-state index contributed by atoms with van der Waals surface area (Å²) in [6.07, 6.45) is 10.2. The molecule has 2 heterocycles. The van der Waals surface area contributed by atoms with Crippen molar-refractivity contribution in [3.63, 3.8) is 0 Å². The van der Waals surface area contributed by atoms with Gasteiger partial charge >= 0.3 is 5.97 Å². The van der Waals surface area contributed by atoms with Crippen molar-refractivity contribution in [2.24, 2.45) is 29.6 Å². The molecule has 5 fully saturated rings. The highest BCUT2D eigenvalue weighted by Crippen LogP contribution is 2.71. The molecule has 4 bridgehead atoms. The Bertz CT molecular complexity index is 2700. The first-order valence-electron chi connectivity index (χ1n) is 21.6. The molecule has 6 aromatic rings. The predicted octanol–water partition coefficient (Wildman–Crippen LogP) is 13.6. The van der Waals surface area contributed by atoms with Crippen LogP contribution >= 0.6 is 23.2 Å². The van der Waals surface area contributed by atoms with Gasteiger partial charge in [0.05, 0.1) is 21.4 Å². The molecule has 4 aromatic carbocycles. The first-order chi connectivity index (χ1) is 30.2. The van der Waals surface area contributed by atoms with E-state index in [4.69, 9.17) is 23.2 Å². The highest BCUT2D eigenvalue weighted by Gasteiger charge is 2.64. The Labute approximate surface area is 371 Å². The van der Waals surface area contributed by atoms with Crippen LogP contribution in [-0.2, 0) is 5.41 Å². The summed E-state index contributed by atoms with van der Waals surface area (Å²) in [7, 11) is 0. The Kier molecular flexibility index (Phi) is 10.7. The number of hydrogen-bond donors (Lipinski definition) is 5. The maximum Gasteiger partial charge on any atom is 0.354 e. The normalized spacial score (nSPS) is 24.6. The quantitative estimate of drug-likeness (QED) is 0.0815. The van der Waals surface area contributed by atoms with Crippen molar-refractivity contribution in [2.45, 2.75) is 62.7 Å². The number of halogens is 2. The van der Waals surface area contributed by atoms with E-state index in [1.165, 1.54) is 68.6 Å². The van der Waals surface area contributed by atoms with Crippen molar-refractivity contribution in [2.75, 3.05) is 21.3 Å². The number of benzene rings is 4. The summed E-state index contributed by atoms with van der Waals surface area (Å²) in [5.41, 5.74) is 8.56. The largest absolute Gasteiger partial charge is 0.477 e. The molecule has 9 nitrogen and oxygen atoms in total. The van der Waals surface area contributed by atoms with Crippen molar-refractivity contribution >= 4 is 74.9 Å². The van der Waals surface area contributed by atoms with Crippen molar-refractivity contribution < 1.29 is 9.90 Å². The van der Waals surface area contributed by atoms with Gasteiger partial charge < -0.3 is 26.4 Å².